The Morgan fingerprint density at radius 1 is 1.22 bits per heavy atom. The van der Waals surface area contributed by atoms with E-state index in [9.17, 15) is 18.4 Å². The van der Waals surface area contributed by atoms with Crippen molar-refractivity contribution in [1.29, 1.82) is 0 Å². The van der Waals surface area contributed by atoms with Gasteiger partial charge < -0.3 is 0 Å². The number of halogens is 2. The molecule has 1 fully saturated rings. The van der Waals surface area contributed by atoms with Crippen LogP contribution in [0.25, 0.3) is 0 Å². The summed E-state index contributed by atoms with van der Waals surface area (Å²) in [6.45, 7) is 2.42. The van der Waals surface area contributed by atoms with Crippen LogP contribution in [0.15, 0.2) is 23.8 Å². The summed E-state index contributed by atoms with van der Waals surface area (Å²) in [6.07, 6.45) is 4.77. The van der Waals surface area contributed by atoms with Gasteiger partial charge in [0.1, 0.15) is 0 Å². The van der Waals surface area contributed by atoms with Crippen molar-refractivity contribution in [3.63, 3.8) is 0 Å². The number of rotatable bonds is 0. The monoisotopic (exact) mass is 252 g/mol. The zero-order chi connectivity index (χ0) is 13.3. The predicted molar refractivity (Wildman–Crippen MR) is 61.4 cm³/mol. The maximum Gasteiger partial charge on any atom is 0.196 e. The highest BCUT2D eigenvalue weighted by Crippen LogP contribution is 2.56. The summed E-state index contributed by atoms with van der Waals surface area (Å²) >= 11 is 0. The van der Waals surface area contributed by atoms with E-state index in [0.29, 0.717) is 12.0 Å². The molecule has 0 aromatic carbocycles. The Labute approximate surface area is 104 Å². The first-order chi connectivity index (χ1) is 8.28. The van der Waals surface area contributed by atoms with Crippen LogP contribution >= 0.6 is 0 Å². The Kier molecular flexibility index (Phi) is 2.07. The van der Waals surface area contributed by atoms with Crippen molar-refractivity contribution >= 4 is 11.6 Å². The third-order valence-corrected chi connectivity index (χ3v) is 4.74. The van der Waals surface area contributed by atoms with Crippen molar-refractivity contribution in [1.82, 2.24) is 0 Å². The van der Waals surface area contributed by atoms with Gasteiger partial charge in [-0.15, -0.1) is 0 Å². The van der Waals surface area contributed by atoms with Crippen LogP contribution in [0.2, 0.25) is 0 Å². The largest absolute Gasteiger partial charge is 0.291 e. The highest BCUT2D eigenvalue weighted by atomic mass is 19.1. The molecule has 4 aliphatic rings. The van der Waals surface area contributed by atoms with Gasteiger partial charge in [-0.25, -0.2) is 8.78 Å². The molecule has 0 aromatic rings. The Hall–Kier alpha value is -1.32. The number of carbonyl (C=O) groups excluding carboxylic acids is 2. The summed E-state index contributed by atoms with van der Waals surface area (Å²) in [5, 5.41) is 0. The van der Waals surface area contributed by atoms with Crippen LogP contribution in [0.4, 0.5) is 8.78 Å². The van der Waals surface area contributed by atoms with Gasteiger partial charge in [0.2, 0.25) is 0 Å². The van der Waals surface area contributed by atoms with E-state index in [2.05, 4.69) is 0 Å². The molecule has 4 rings (SSSR count). The molecule has 0 saturated heterocycles. The molecular weight excluding hydrogens is 238 g/mol. The molecule has 0 aromatic heterocycles. The van der Waals surface area contributed by atoms with Crippen LogP contribution in [0, 0.1) is 17.8 Å². The van der Waals surface area contributed by atoms with Crippen LogP contribution < -0.4 is 0 Å². The van der Waals surface area contributed by atoms with E-state index in [1.54, 1.807) is 12.2 Å². The van der Waals surface area contributed by atoms with Gasteiger partial charge >= 0.3 is 0 Å². The predicted octanol–water partition coefficient (Wildman–Crippen LogP) is 2.34. The van der Waals surface area contributed by atoms with E-state index < -0.39 is 40.7 Å². The minimum Gasteiger partial charge on any atom is -0.291 e. The van der Waals surface area contributed by atoms with Gasteiger partial charge in [-0.05, 0) is 26.3 Å². The molecule has 0 heterocycles. The normalized spacial score (nSPS) is 50.2. The zero-order valence-electron chi connectivity index (χ0n) is 10.2. The van der Waals surface area contributed by atoms with E-state index in [1.165, 1.54) is 19.9 Å². The van der Waals surface area contributed by atoms with Gasteiger partial charge in [0.15, 0.2) is 22.9 Å². The first-order valence-electron chi connectivity index (χ1n) is 6.13. The average molecular weight is 252 g/mol. The van der Waals surface area contributed by atoms with Gasteiger partial charge in [-0.1, -0.05) is 12.2 Å². The van der Waals surface area contributed by atoms with Crippen molar-refractivity contribution in [2.75, 3.05) is 0 Å². The van der Waals surface area contributed by atoms with Gasteiger partial charge in [0.05, 0.1) is 0 Å². The number of ketones is 2. The molecule has 0 amide bonds. The second-order valence-corrected chi connectivity index (χ2v) is 5.76. The number of carbonyl (C=O) groups is 2. The summed E-state index contributed by atoms with van der Waals surface area (Å²) in [5.41, 5.74) is -3.80. The molecular formula is C14H14F2O2. The van der Waals surface area contributed by atoms with Gasteiger partial charge in [0.25, 0.3) is 0 Å². The first-order valence-corrected chi connectivity index (χ1v) is 6.13. The number of allylic oxidation sites excluding steroid dienone is 4. The van der Waals surface area contributed by atoms with E-state index in [-0.39, 0.29) is 0 Å². The minimum atomic E-state index is -2.09. The third kappa shape index (κ3) is 1.16. The van der Waals surface area contributed by atoms with E-state index >= 15 is 0 Å². The molecule has 0 aliphatic heterocycles. The van der Waals surface area contributed by atoms with Crippen molar-refractivity contribution in [2.24, 2.45) is 17.8 Å². The summed E-state index contributed by atoms with van der Waals surface area (Å²) in [7, 11) is 0. The molecule has 96 valence electrons. The van der Waals surface area contributed by atoms with Gasteiger partial charge in [-0.3, -0.25) is 9.59 Å². The molecule has 0 unspecified atom stereocenters. The second kappa shape index (κ2) is 3.16. The SMILES string of the molecule is C[C@]1(F)C(=O)C=C[C@H]2C3=CC[C@@H]([C@H]21)[C@@](C)(F)C3=O. The lowest BCUT2D eigenvalue weighted by Gasteiger charge is -2.52. The number of fused-ring (bicyclic) bond motifs is 2. The Morgan fingerprint density at radius 2 is 1.89 bits per heavy atom. The summed E-state index contributed by atoms with van der Waals surface area (Å²) in [6, 6.07) is 0. The fourth-order valence-corrected chi connectivity index (χ4v) is 3.69. The third-order valence-electron chi connectivity index (χ3n) is 4.74. The van der Waals surface area contributed by atoms with Crippen LogP contribution in [-0.2, 0) is 9.59 Å². The number of hydrogen-bond donors (Lipinski definition) is 0. The topological polar surface area (TPSA) is 34.1 Å². The minimum absolute atomic E-state index is 0.329. The lowest BCUT2D eigenvalue weighted by atomic mass is 9.52. The number of alkyl halides is 2. The van der Waals surface area contributed by atoms with Crippen molar-refractivity contribution in [3.8, 4) is 0 Å². The molecule has 18 heavy (non-hydrogen) atoms. The second-order valence-electron chi connectivity index (χ2n) is 5.76. The number of Topliss-reactive ketones (excluding diaryl/α,β-unsaturated/α-hetero) is 1. The Balaban J connectivity index is 2.19. The Morgan fingerprint density at radius 3 is 2.56 bits per heavy atom. The lowest BCUT2D eigenvalue weighted by molar-refractivity contribution is -0.149. The first kappa shape index (κ1) is 11.8. The van der Waals surface area contributed by atoms with Crippen molar-refractivity contribution < 1.29 is 18.4 Å². The van der Waals surface area contributed by atoms with Gasteiger partial charge in [-0.2, -0.15) is 0 Å². The molecule has 4 heteroatoms. The molecule has 5 atom stereocenters. The maximum atomic E-state index is 14.6. The summed E-state index contributed by atoms with van der Waals surface area (Å²) in [4.78, 5) is 23.6. The zero-order valence-corrected chi connectivity index (χ0v) is 10.2. The smallest absolute Gasteiger partial charge is 0.196 e. The highest BCUT2D eigenvalue weighted by Gasteiger charge is 2.63. The fraction of sp³-hybridized carbons (Fsp3) is 0.571. The summed E-state index contributed by atoms with van der Waals surface area (Å²) < 4.78 is 29.1. The molecule has 0 spiro atoms. The summed E-state index contributed by atoms with van der Waals surface area (Å²) in [5.74, 6) is -3.14. The van der Waals surface area contributed by atoms with Crippen LogP contribution in [0.1, 0.15) is 20.3 Å². The fourth-order valence-electron chi connectivity index (χ4n) is 3.69. The molecule has 2 bridgehead atoms. The van der Waals surface area contributed by atoms with Crippen molar-refractivity contribution in [2.45, 2.75) is 31.6 Å². The molecule has 4 aliphatic carbocycles. The van der Waals surface area contributed by atoms with Crippen LogP contribution in [-0.4, -0.2) is 22.9 Å². The highest BCUT2D eigenvalue weighted by molar-refractivity contribution is 6.06. The van der Waals surface area contributed by atoms with Crippen LogP contribution in [0.3, 0.4) is 0 Å². The van der Waals surface area contributed by atoms with E-state index in [1.807, 2.05) is 0 Å². The maximum absolute atomic E-state index is 14.6. The quantitative estimate of drug-likeness (QED) is 0.663. The van der Waals surface area contributed by atoms with Crippen LogP contribution in [0.5, 0.6) is 0 Å². The molecule has 0 radical (unpaired) electrons. The Bertz CT molecular complexity index is 514. The van der Waals surface area contributed by atoms with Gasteiger partial charge in [0, 0.05) is 23.3 Å². The number of hydrogen-bond acceptors (Lipinski definition) is 2. The average Bonchev–Trinajstić information content (AvgIpc) is 2.30. The molecule has 1 saturated carbocycles. The molecule has 2 nitrogen and oxygen atoms in total. The molecule has 0 N–H and O–H groups in total. The lowest BCUT2D eigenvalue weighted by Crippen LogP contribution is -2.61. The standard InChI is InChI=1S/C14H14F2O2/c1-13(15)9-5-3-8(12(13)18)7-4-6-10(17)14(2,16)11(7)9/h3-4,6-7,9,11H,5H2,1-2H3/t7-,9-,11-,13+,14-/m0/s1. The van der Waals surface area contributed by atoms with E-state index in [4.69, 9.17) is 0 Å². The van der Waals surface area contributed by atoms with E-state index in [0.717, 1.165) is 0 Å². The van der Waals surface area contributed by atoms with Crippen molar-refractivity contribution in [3.05, 3.63) is 23.8 Å².